The zero-order valence-corrected chi connectivity index (χ0v) is 15.8. The van der Waals surface area contributed by atoms with Crippen LogP contribution in [0.3, 0.4) is 0 Å². The summed E-state index contributed by atoms with van der Waals surface area (Å²) in [6.07, 6.45) is 7.14. The number of nitrogens with one attached hydrogen (secondary N) is 1. The molecule has 5 heteroatoms. The molecule has 1 heterocycles. The lowest BCUT2D eigenvalue weighted by Gasteiger charge is -2.36. The minimum absolute atomic E-state index is 0.0135. The molecule has 2 amide bonds. The highest BCUT2D eigenvalue weighted by atomic mass is 16.2. The summed E-state index contributed by atoms with van der Waals surface area (Å²) in [5.41, 5.74) is 3.07. The van der Waals surface area contributed by atoms with Gasteiger partial charge in [-0.2, -0.15) is 0 Å². The minimum atomic E-state index is 0.0135. The number of rotatable bonds is 4. The van der Waals surface area contributed by atoms with Gasteiger partial charge in [0.25, 0.3) is 0 Å². The number of anilines is 1. The zero-order valence-electron chi connectivity index (χ0n) is 15.8. The van der Waals surface area contributed by atoms with E-state index in [1.165, 1.54) is 0 Å². The van der Waals surface area contributed by atoms with E-state index in [9.17, 15) is 9.59 Å². The highest BCUT2D eigenvalue weighted by Crippen LogP contribution is 2.22. The van der Waals surface area contributed by atoms with E-state index >= 15 is 0 Å². The van der Waals surface area contributed by atoms with E-state index in [0.29, 0.717) is 6.54 Å². The Morgan fingerprint density at radius 1 is 1.08 bits per heavy atom. The summed E-state index contributed by atoms with van der Waals surface area (Å²) in [5.74, 6) is 0.451. The SMILES string of the molecule is Cc1cccc(C)c1NC(=O)CN1CCN(C(=O)C2CC=CCC2)CC1. The number of piperazine rings is 1. The fourth-order valence-electron chi connectivity index (χ4n) is 3.80. The number of para-hydroxylation sites is 1. The molecule has 1 saturated heterocycles. The first-order chi connectivity index (χ1) is 12.5. The zero-order chi connectivity index (χ0) is 18.5. The van der Waals surface area contributed by atoms with E-state index in [1.54, 1.807) is 0 Å². The van der Waals surface area contributed by atoms with Gasteiger partial charge in [0.1, 0.15) is 0 Å². The third-order valence-electron chi connectivity index (χ3n) is 5.42. The molecule has 0 radical (unpaired) electrons. The predicted molar refractivity (Wildman–Crippen MR) is 104 cm³/mol. The van der Waals surface area contributed by atoms with Crippen LogP contribution < -0.4 is 5.32 Å². The fraction of sp³-hybridized carbons (Fsp3) is 0.524. The minimum Gasteiger partial charge on any atom is -0.340 e. The molecule has 2 aliphatic rings. The van der Waals surface area contributed by atoms with Gasteiger partial charge in [-0.05, 0) is 44.2 Å². The summed E-state index contributed by atoms with van der Waals surface area (Å²) < 4.78 is 0. The van der Waals surface area contributed by atoms with Crippen molar-refractivity contribution >= 4 is 17.5 Å². The summed E-state index contributed by atoms with van der Waals surface area (Å²) in [6.45, 7) is 7.34. The number of aryl methyl sites for hydroxylation is 2. The summed E-state index contributed by atoms with van der Waals surface area (Å²) in [4.78, 5) is 29.1. The average Bonchev–Trinajstić information content (AvgIpc) is 2.66. The molecule has 1 aromatic carbocycles. The van der Waals surface area contributed by atoms with E-state index in [-0.39, 0.29) is 17.7 Å². The topological polar surface area (TPSA) is 52.7 Å². The molecule has 1 aliphatic heterocycles. The first-order valence-corrected chi connectivity index (χ1v) is 9.57. The normalized spacial score (nSPS) is 20.8. The molecule has 0 bridgehead atoms. The Labute approximate surface area is 156 Å². The molecule has 1 unspecified atom stereocenters. The van der Waals surface area contributed by atoms with Crippen molar-refractivity contribution in [3.63, 3.8) is 0 Å². The van der Waals surface area contributed by atoms with Crippen LogP contribution in [-0.4, -0.2) is 54.3 Å². The quantitative estimate of drug-likeness (QED) is 0.845. The Balaban J connectivity index is 1.47. The fourth-order valence-corrected chi connectivity index (χ4v) is 3.80. The van der Waals surface area contributed by atoms with Gasteiger partial charge in [-0.25, -0.2) is 0 Å². The van der Waals surface area contributed by atoms with Crippen molar-refractivity contribution in [1.29, 1.82) is 0 Å². The molecule has 140 valence electrons. The second kappa shape index (κ2) is 8.49. The summed E-state index contributed by atoms with van der Waals surface area (Å²) in [6, 6.07) is 6.01. The molecule has 26 heavy (non-hydrogen) atoms. The maximum atomic E-state index is 12.6. The Morgan fingerprint density at radius 3 is 2.38 bits per heavy atom. The molecule has 1 aromatic rings. The number of carbonyl (C=O) groups excluding carboxylic acids is 2. The molecular weight excluding hydrogens is 326 g/mol. The van der Waals surface area contributed by atoms with Crippen LogP contribution in [0.2, 0.25) is 0 Å². The standard InChI is InChI=1S/C21H29N3O2/c1-16-7-6-8-17(2)20(16)22-19(25)15-23-11-13-24(14-12-23)21(26)18-9-4-3-5-10-18/h3-4,6-8,18H,5,9-15H2,1-2H3,(H,22,25). The lowest BCUT2D eigenvalue weighted by molar-refractivity contribution is -0.137. The monoisotopic (exact) mass is 355 g/mol. The van der Waals surface area contributed by atoms with Crippen LogP contribution in [0.15, 0.2) is 30.4 Å². The largest absolute Gasteiger partial charge is 0.340 e. The van der Waals surface area contributed by atoms with Gasteiger partial charge in [0.2, 0.25) is 11.8 Å². The van der Waals surface area contributed by atoms with Gasteiger partial charge < -0.3 is 10.2 Å². The Hall–Kier alpha value is -2.14. The van der Waals surface area contributed by atoms with Crippen molar-refractivity contribution < 1.29 is 9.59 Å². The smallest absolute Gasteiger partial charge is 0.238 e. The molecule has 0 spiro atoms. The van der Waals surface area contributed by atoms with Crippen molar-refractivity contribution in [2.24, 2.45) is 5.92 Å². The third kappa shape index (κ3) is 4.52. The number of hydrogen-bond acceptors (Lipinski definition) is 3. The molecule has 0 aromatic heterocycles. The maximum Gasteiger partial charge on any atom is 0.238 e. The lowest BCUT2D eigenvalue weighted by Crippen LogP contribution is -2.51. The van der Waals surface area contributed by atoms with Gasteiger partial charge in [-0.3, -0.25) is 14.5 Å². The molecule has 3 rings (SSSR count). The predicted octanol–water partition coefficient (Wildman–Crippen LogP) is 2.74. The number of allylic oxidation sites excluding steroid dienone is 2. The molecule has 1 atom stereocenters. The van der Waals surface area contributed by atoms with Crippen molar-refractivity contribution in [3.8, 4) is 0 Å². The van der Waals surface area contributed by atoms with Gasteiger partial charge >= 0.3 is 0 Å². The molecular formula is C21H29N3O2. The van der Waals surface area contributed by atoms with Crippen LogP contribution in [0, 0.1) is 19.8 Å². The van der Waals surface area contributed by atoms with Crippen LogP contribution in [0.25, 0.3) is 0 Å². The van der Waals surface area contributed by atoms with E-state index in [0.717, 1.165) is 62.3 Å². The molecule has 1 fully saturated rings. The van der Waals surface area contributed by atoms with Crippen molar-refractivity contribution in [3.05, 3.63) is 41.5 Å². The highest BCUT2D eigenvalue weighted by Gasteiger charge is 2.27. The lowest BCUT2D eigenvalue weighted by atomic mass is 9.93. The van der Waals surface area contributed by atoms with E-state index < -0.39 is 0 Å². The maximum absolute atomic E-state index is 12.6. The van der Waals surface area contributed by atoms with Gasteiger partial charge in [-0.15, -0.1) is 0 Å². The van der Waals surface area contributed by atoms with Crippen LogP contribution in [-0.2, 0) is 9.59 Å². The van der Waals surface area contributed by atoms with E-state index in [1.807, 2.05) is 36.9 Å². The molecule has 1 N–H and O–H groups in total. The number of carbonyl (C=O) groups is 2. The summed E-state index contributed by atoms with van der Waals surface area (Å²) in [5, 5.41) is 3.04. The van der Waals surface area contributed by atoms with Crippen molar-refractivity contribution in [2.45, 2.75) is 33.1 Å². The van der Waals surface area contributed by atoms with E-state index in [4.69, 9.17) is 0 Å². The Kier molecular flexibility index (Phi) is 6.09. The number of amides is 2. The van der Waals surface area contributed by atoms with Gasteiger partial charge in [0, 0.05) is 37.8 Å². The van der Waals surface area contributed by atoms with Gasteiger partial charge in [0.15, 0.2) is 0 Å². The molecule has 0 saturated carbocycles. The number of hydrogen-bond donors (Lipinski definition) is 1. The van der Waals surface area contributed by atoms with Crippen LogP contribution >= 0.6 is 0 Å². The first-order valence-electron chi connectivity index (χ1n) is 9.57. The second-order valence-electron chi connectivity index (χ2n) is 7.40. The number of nitrogens with zero attached hydrogens (tertiary/aromatic N) is 2. The van der Waals surface area contributed by atoms with Crippen LogP contribution in [0.1, 0.15) is 30.4 Å². The first kappa shape index (κ1) is 18.6. The average molecular weight is 355 g/mol. The van der Waals surface area contributed by atoms with Crippen molar-refractivity contribution in [1.82, 2.24) is 9.80 Å². The molecule has 1 aliphatic carbocycles. The van der Waals surface area contributed by atoms with Gasteiger partial charge in [0.05, 0.1) is 6.54 Å². The van der Waals surface area contributed by atoms with Crippen LogP contribution in [0.4, 0.5) is 5.69 Å². The van der Waals surface area contributed by atoms with Gasteiger partial charge in [-0.1, -0.05) is 30.4 Å². The van der Waals surface area contributed by atoms with Crippen LogP contribution in [0.5, 0.6) is 0 Å². The summed E-state index contributed by atoms with van der Waals surface area (Å²) >= 11 is 0. The Morgan fingerprint density at radius 2 is 1.77 bits per heavy atom. The highest BCUT2D eigenvalue weighted by molar-refractivity contribution is 5.93. The Bertz CT molecular complexity index is 670. The third-order valence-corrected chi connectivity index (χ3v) is 5.42. The second-order valence-corrected chi connectivity index (χ2v) is 7.40. The van der Waals surface area contributed by atoms with Crippen molar-refractivity contribution in [2.75, 3.05) is 38.0 Å². The van der Waals surface area contributed by atoms with E-state index in [2.05, 4.69) is 22.4 Å². The number of benzene rings is 1. The summed E-state index contributed by atoms with van der Waals surface area (Å²) in [7, 11) is 0. The molecule has 5 nitrogen and oxygen atoms in total.